The zero-order chi connectivity index (χ0) is 8.39. The highest BCUT2D eigenvalue weighted by Crippen LogP contribution is 2.25. The summed E-state index contributed by atoms with van der Waals surface area (Å²) < 4.78 is 12.2. The van der Waals surface area contributed by atoms with E-state index >= 15 is 0 Å². The second kappa shape index (κ2) is 3.31. The molecular formula is C8H9FN2S. The number of aromatic nitrogens is 1. The Hall–Kier alpha value is -0.770. The van der Waals surface area contributed by atoms with E-state index in [0.717, 1.165) is 30.8 Å². The Balaban J connectivity index is 2.36. The Bertz CT molecular complexity index is 290. The topological polar surface area (TPSA) is 24.9 Å². The summed E-state index contributed by atoms with van der Waals surface area (Å²) in [6.45, 7) is 0.974. The molecule has 0 saturated carbocycles. The molecule has 0 aliphatic carbocycles. The molecule has 0 fully saturated rings. The van der Waals surface area contributed by atoms with Gasteiger partial charge in [0.15, 0.2) is 0 Å². The van der Waals surface area contributed by atoms with Crippen LogP contribution in [0.1, 0.15) is 12.0 Å². The van der Waals surface area contributed by atoms with Crippen molar-refractivity contribution in [2.75, 3.05) is 11.9 Å². The van der Waals surface area contributed by atoms with Gasteiger partial charge in [-0.25, -0.2) is 4.98 Å². The van der Waals surface area contributed by atoms with Gasteiger partial charge in [0.1, 0.15) is 5.82 Å². The first-order valence-electron chi connectivity index (χ1n) is 3.91. The summed E-state index contributed by atoms with van der Waals surface area (Å²) in [5, 5.41) is 3.17. The van der Waals surface area contributed by atoms with Crippen molar-refractivity contribution in [3.05, 3.63) is 17.8 Å². The van der Waals surface area contributed by atoms with Gasteiger partial charge in [0, 0.05) is 12.7 Å². The number of nitrogens with zero attached hydrogens (tertiary/aromatic N) is 1. The molecule has 1 aromatic heterocycles. The number of rotatable bonds is 1. The molecule has 2 heterocycles. The molecule has 1 aliphatic rings. The molecule has 12 heavy (non-hydrogen) atoms. The minimum Gasteiger partial charge on any atom is -0.370 e. The fraction of sp³-hybridized carbons (Fsp3) is 0.375. The van der Waals surface area contributed by atoms with E-state index < -0.39 is 0 Å². The predicted octanol–water partition coefficient (Wildman–Crippen LogP) is 2.42. The predicted molar refractivity (Wildman–Crippen MR) is 48.0 cm³/mol. The number of hydrogen-bond donors (Lipinski definition) is 1. The lowest BCUT2D eigenvalue weighted by Gasteiger charge is -2.16. The number of nitrogens with one attached hydrogen (secondary N) is 1. The third-order valence-electron chi connectivity index (χ3n) is 1.95. The van der Waals surface area contributed by atoms with Crippen molar-refractivity contribution in [2.45, 2.75) is 17.7 Å². The lowest BCUT2D eigenvalue weighted by molar-refractivity contribution is 0.811. The van der Waals surface area contributed by atoms with Gasteiger partial charge >= 0.3 is 0 Å². The van der Waals surface area contributed by atoms with E-state index in [9.17, 15) is 3.89 Å². The minimum atomic E-state index is 0.251. The molecule has 0 radical (unpaired) electrons. The number of anilines is 1. The molecule has 0 saturated heterocycles. The normalized spacial score (nSPS) is 15.1. The van der Waals surface area contributed by atoms with Gasteiger partial charge < -0.3 is 5.32 Å². The van der Waals surface area contributed by atoms with Crippen LogP contribution in [0.4, 0.5) is 9.70 Å². The third kappa shape index (κ3) is 1.39. The summed E-state index contributed by atoms with van der Waals surface area (Å²) in [5.74, 6) is 0.916. The lowest BCUT2D eigenvalue weighted by Crippen LogP contribution is -2.12. The molecule has 0 aromatic carbocycles. The maximum absolute atomic E-state index is 12.2. The molecule has 1 aliphatic heterocycles. The van der Waals surface area contributed by atoms with Crippen LogP contribution in [0.5, 0.6) is 0 Å². The van der Waals surface area contributed by atoms with Crippen molar-refractivity contribution >= 4 is 18.0 Å². The van der Waals surface area contributed by atoms with Crippen molar-refractivity contribution in [1.82, 2.24) is 4.98 Å². The van der Waals surface area contributed by atoms with Gasteiger partial charge in [-0.2, -0.15) is 3.89 Å². The Morgan fingerprint density at radius 3 is 3.33 bits per heavy atom. The fourth-order valence-electron chi connectivity index (χ4n) is 1.37. The molecule has 2 rings (SSSR count). The van der Waals surface area contributed by atoms with Gasteiger partial charge in [0.05, 0.1) is 17.0 Å². The van der Waals surface area contributed by atoms with Crippen LogP contribution in [-0.4, -0.2) is 11.5 Å². The summed E-state index contributed by atoms with van der Waals surface area (Å²) in [5.41, 5.74) is 1.13. The Morgan fingerprint density at radius 2 is 2.50 bits per heavy atom. The van der Waals surface area contributed by atoms with Crippen LogP contribution in [-0.2, 0) is 6.42 Å². The third-order valence-corrected chi connectivity index (χ3v) is 2.35. The van der Waals surface area contributed by atoms with Crippen molar-refractivity contribution < 1.29 is 3.89 Å². The molecule has 0 unspecified atom stereocenters. The highest BCUT2D eigenvalue weighted by Gasteiger charge is 2.09. The number of pyridine rings is 1. The second-order valence-electron chi connectivity index (χ2n) is 2.79. The van der Waals surface area contributed by atoms with Crippen LogP contribution in [0.15, 0.2) is 17.2 Å². The molecule has 4 heteroatoms. The highest BCUT2D eigenvalue weighted by molar-refractivity contribution is 7.94. The van der Waals surface area contributed by atoms with Gasteiger partial charge in [-0.05, 0) is 24.5 Å². The average molecular weight is 184 g/mol. The molecule has 0 spiro atoms. The van der Waals surface area contributed by atoms with Crippen LogP contribution < -0.4 is 5.32 Å². The van der Waals surface area contributed by atoms with E-state index in [2.05, 4.69) is 10.3 Å². The highest BCUT2D eigenvalue weighted by atomic mass is 32.2. The van der Waals surface area contributed by atoms with Crippen molar-refractivity contribution in [2.24, 2.45) is 0 Å². The molecule has 0 bridgehead atoms. The summed E-state index contributed by atoms with van der Waals surface area (Å²) in [7, 11) is 0. The molecular weight excluding hydrogens is 175 g/mol. The molecule has 64 valence electrons. The average Bonchev–Trinajstić information content (AvgIpc) is 2.17. The summed E-state index contributed by atoms with van der Waals surface area (Å²) in [4.78, 5) is 4.71. The van der Waals surface area contributed by atoms with Crippen molar-refractivity contribution in [1.29, 1.82) is 0 Å². The fourth-order valence-corrected chi connectivity index (χ4v) is 1.65. The van der Waals surface area contributed by atoms with Crippen LogP contribution in [0.3, 0.4) is 0 Å². The molecule has 2 nitrogen and oxygen atoms in total. The summed E-state index contributed by atoms with van der Waals surface area (Å²) >= 11 is 0.251. The zero-order valence-electron chi connectivity index (χ0n) is 6.51. The van der Waals surface area contributed by atoms with Gasteiger partial charge in [0.2, 0.25) is 0 Å². The maximum atomic E-state index is 12.2. The van der Waals surface area contributed by atoms with E-state index in [-0.39, 0.29) is 12.1 Å². The Labute approximate surface area is 74.9 Å². The number of halogens is 1. The van der Waals surface area contributed by atoms with E-state index in [1.165, 1.54) is 0 Å². The first-order chi connectivity index (χ1) is 5.90. The SMILES string of the molecule is FSc1cnc2c(c1)CCCN2. The van der Waals surface area contributed by atoms with Gasteiger partial charge in [0.25, 0.3) is 0 Å². The molecule has 0 atom stereocenters. The quantitative estimate of drug-likeness (QED) is 0.725. The van der Waals surface area contributed by atoms with Crippen molar-refractivity contribution in [3.8, 4) is 0 Å². The second-order valence-corrected chi connectivity index (χ2v) is 3.41. The van der Waals surface area contributed by atoms with Gasteiger partial charge in [-0.15, -0.1) is 0 Å². The van der Waals surface area contributed by atoms with Crippen molar-refractivity contribution in [3.63, 3.8) is 0 Å². The Morgan fingerprint density at radius 1 is 1.58 bits per heavy atom. The number of aryl methyl sites for hydroxylation is 1. The van der Waals surface area contributed by atoms with E-state index in [0.29, 0.717) is 4.90 Å². The summed E-state index contributed by atoms with van der Waals surface area (Å²) in [6, 6.07) is 1.86. The Kier molecular flexibility index (Phi) is 2.17. The maximum Gasteiger partial charge on any atom is 0.129 e. The van der Waals surface area contributed by atoms with Crippen LogP contribution in [0.2, 0.25) is 0 Å². The van der Waals surface area contributed by atoms with E-state index in [1.54, 1.807) is 6.20 Å². The first kappa shape index (κ1) is 7.86. The number of fused-ring (bicyclic) bond motifs is 1. The lowest BCUT2D eigenvalue weighted by atomic mass is 10.1. The largest absolute Gasteiger partial charge is 0.370 e. The van der Waals surface area contributed by atoms with Gasteiger partial charge in [-0.1, -0.05) is 0 Å². The molecule has 0 amide bonds. The molecule has 1 N–H and O–H groups in total. The van der Waals surface area contributed by atoms with Crippen LogP contribution >= 0.6 is 12.1 Å². The molecule has 1 aromatic rings. The van der Waals surface area contributed by atoms with Crippen LogP contribution in [0.25, 0.3) is 0 Å². The minimum absolute atomic E-state index is 0.251. The smallest absolute Gasteiger partial charge is 0.129 e. The number of hydrogen-bond acceptors (Lipinski definition) is 3. The van der Waals surface area contributed by atoms with Crippen LogP contribution in [0, 0.1) is 0 Å². The first-order valence-corrected chi connectivity index (χ1v) is 4.63. The van der Waals surface area contributed by atoms with E-state index in [1.807, 2.05) is 6.07 Å². The van der Waals surface area contributed by atoms with E-state index in [4.69, 9.17) is 0 Å². The van der Waals surface area contributed by atoms with Gasteiger partial charge in [-0.3, -0.25) is 0 Å². The standard InChI is InChI=1S/C8H9FN2S/c9-12-7-4-6-2-1-3-10-8(6)11-5-7/h4-5H,1-3H2,(H,10,11). The zero-order valence-corrected chi connectivity index (χ0v) is 7.33. The monoisotopic (exact) mass is 184 g/mol. The summed E-state index contributed by atoms with van der Waals surface area (Å²) in [6.07, 6.45) is 3.67.